The highest BCUT2D eigenvalue weighted by Crippen LogP contribution is 2.27. The first kappa shape index (κ1) is 3.22. The standard InChI is InChI=1S/C2FN3/c3-2(1-4)5-6-2. The first-order chi connectivity index (χ1) is 2.77. The van der Waals surface area contributed by atoms with Crippen LogP contribution in [-0.2, 0) is 0 Å². The molecular formula is C2FN3. The lowest BCUT2D eigenvalue weighted by molar-refractivity contribution is 0.364. The number of nitrogens with zero attached hydrogens (tertiary/aromatic N) is 3. The molecule has 0 aromatic heterocycles. The minimum absolute atomic E-state index is 1.22. The summed E-state index contributed by atoms with van der Waals surface area (Å²) in [7, 11) is 0. The molecule has 0 spiro atoms. The fourth-order valence-corrected chi connectivity index (χ4v) is 0.0886. The fraction of sp³-hybridized carbons (Fsp3) is 0.500. The molecule has 30 valence electrons. The van der Waals surface area contributed by atoms with E-state index in [1.165, 1.54) is 6.07 Å². The van der Waals surface area contributed by atoms with Crippen molar-refractivity contribution in [1.29, 1.82) is 5.26 Å². The van der Waals surface area contributed by atoms with Crippen molar-refractivity contribution in [2.45, 2.75) is 5.92 Å². The summed E-state index contributed by atoms with van der Waals surface area (Å²) in [6, 6.07) is 1.22. The molecule has 6 heavy (non-hydrogen) atoms. The fourth-order valence-electron chi connectivity index (χ4n) is 0.0886. The normalized spacial score (nSPS) is 22.7. The van der Waals surface area contributed by atoms with Crippen molar-refractivity contribution in [2.24, 2.45) is 10.2 Å². The van der Waals surface area contributed by atoms with Crippen molar-refractivity contribution < 1.29 is 4.39 Å². The Hall–Kier alpha value is -0.980. The predicted molar refractivity (Wildman–Crippen MR) is 14.3 cm³/mol. The van der Waals surface area contributed by atoms with Gasteiger partial charge in [0.1, 0.15) is 0 Å². The van der Waals surface area contributed by atoms with Gasteiger partial charge in [-0.3, -0.25) is 0 Å². The van der Waals surface area contributed by atoms with E-state index in [1.54, 1.807) is 0 Å². The monoisotopic (exact) mass is 85.0 g/mol. The smallest absolute Gasteiger partial charge is 0.190 e. The van der Waals surface area contributed by atoms with Gasteiger partial charge in [0.25, 0.3) is 0 Å². The molecule has 0 radical (unpaired) electrons. The third-order valence-corrected chi connectivity index (χ3v) is 0.418. The zero-order chi connectivity index (χ0) is 4.62. The summed E-state index contributed by atoms with van der Waals surface area (Å²) < 4.78 is 11.5. The van der Waals surface area contributed by atoms with Crippen LogP contribution in [0.4, 0.5) is 4.39 Å². The SMILES string of the molecule is N#CC1(F)N=N1. The Morgan fingerprint density at radius 3 is 2.17 bits per heavy atom. The number of hydrogen-bond acceptors (Lipinski definition) is 3. The lowest BCUT2D eigenvalue weighted by Crippen LogP contribution is -1.92. The zero-order valence-electron chi connectivity index (χ0n) is 2.72. The summed E-state index contributed by atoms with van der Waals surface area (Å²) in [6.45, 7) is 0. The summed E-state index contributed by atoms with van der Waals surface area (Å²) >= 11 is 0. The number of nitriles is 1. The van der Waals surface area contributed by atoms with Gasteiger partial charge in [0.15, 0.2) is 6.07 Å². The van der Waals surface area contributed by atoms with Gasteiger partial charge in [-0.1, -0.05) is 0 Å². The maximum absolute atomic E-state index is 11.5. The summed E-state index contributed by atoms with van der Waals surface area (Å²) in [5.74, 6) is -2.15. The molecule has 0 aromatic rings. The molecule has 0 saturated heterocycles. The molecule has 0 unspecified atom stereocenters. The molecule has 0 aromatic carbocycles. The van der Waals surface area contributed by atoms with Crippen LogP contribution < -0.4 is 0 Å². The van der Waals surface area contributed by atoms with E-state index in [0.29, 0.717) is 0 Å². The second-order valence-corrected chi connectivity index (χ2v) is 0.899. The first-order valence-electron chi connectivity index (χ1n) is 1.31. The van der Waals surface area contributed by atoms with Crippen molar-refractivity contribution in [3.05, 3.63) is 0 Å². The Balaban J connectivity index is 2.59. The molecule has 1 rings (SSSR count). The van der Waals surface area contributed by atoms with Gasteiger partial charge in [-0.25, -0.2) is 0 Å². The van der Waals surface area contributed by atoms with Gasteiger partial charge >= 0.3 is 5.92 Å². The number of rotatable bonds is 0. The average molecular weight is 85.0 g/mol. The molecule has 4 heteroatoms. The van der Waals surface area contributed by atoms with Gasteiger partial charge in [-0.05, 0) is 0 Å². The average Bonchev–Trinajstić information content (AvgIpc) is 2.22. The van der Waals surface area contributed by atoms with Crippen LogP contribution in [0.5, 0.6) is 0 Å². The van der Waals surface area contributed by atoms with E-state index < -0.39 is 5.92 Å². The Morgan fingerprint density at radius 1 is 1.67 bits per heavy atom. The topological polar surface area (TPSA) is 48.5 Å². The third kappa shape index (κ3) is 0.250. The highest BCUT2D eigenvalue weighted by molar-refractivity contribution is 5.02. The molecule has 0 saturated carbocycles. The maximum atomic E-state index is 11.5. The zero-order valence-corrected chi connectivity index (χ0v) is 2.72. The van der Waals surface area contributed by atoms with Crippen LogP contribution in [0, 0.1) is 11.3 Å². The molecule has 0 fully saturated rings. The summed E-state index contributed by atoms with van der Waals surface area (Å²) in [4.78, 5) is 0. The van der Waals surface area contributed by atoms with Crippen molar-refractivity contribution in [3.8, 4) is 6.07 Å². The molecule has 0 aliphatic carbocycles. The van der Waals surface area contributed by atoms with Gasteiger partial charge in [0, 0.05) is 0 Å². The first-order valence-corrected chi connectivity index (χ1v) is 1.31. The van der Waals surface area contributed by atoms with Gasteiger partial charge in [0.2, 0.25) is 0 Å². The van der Waals surface area contributed by atoms with Gasteiger partial charge in [-0.15, -0.1) is 10.2 Å². The summed E-state index contributed by atoms with van der Waals surface area (Å²) in [5, 5.41) is 13.2. The van der Waals surface area contributed by atoms with Gasteiger partial charge in [-0.2, -0.15) is 9.65 Å². The molecule has 0 amide bonds. The van der Waals surface area contributed by atoms with E-state index in [4.69, 9.17) is 5.26 Å². The Bertz CT molecular complexity index is 126. The van der Waals surface area contributed by atoms with Crippen LogP contribution in [0.1, 0.15) is 0 Å². The Morgan fingerprint density at radius 2 is 2.17 bits per heavy atom. The second kappa shape index (κ2) is 0.570. The quantitative estimate of drug-likeness (QED) is 0.397. The molecule has 0 N–H and O–H groups in total. The number of halogens is 1. The van der Waals surface area contributed by atoms with E-state index in [1.807, 2.05) is 0 Å². The van der Waals surface area contributed by atoms with Crippen LogP contribution in [0.3, 0.4) is 0 Å². The van der Waals surface area contributed by atoms with Crippen molar-refractivity contribution in [1.82, 2.24) is 0 Å². The Labute approximate surface area is 33.1 Å². The van der Waals surface area contributed by atoms with Crippen LogP contribution in [0.15, 0.2) is 10.2 Å². The van der Waals surface area contributed by atoms with Crippen LogP contribution in [0.25, 0.3) is 0 Å². The van der Waals surface area contributed by atoms with Crippen LogP contribution in [0.2, 0.25) is 0 Å². The van der Waals surface area contributed by atoms with E-state index in [9.17, 15) is 4.39 Å². The minimum atomic E-state index is -2.15. The Kier molecular flexibility index (Phi) is 0.306. The molecule has 0 bridgehead atoms. The molecule has 0 atom stereocenters. The predicted octanol–water partition coefficient (Wildman–Crippen LogP) is 0.599. The summed E-state index contributed by atoms with van der Waals surface area (Å²) in [5.41, 5.74) is 0. The third-order valence-electron chi connectivity index (χ3n) is 0.418. The largest absolute Gasteiger partial charge is 0.418 e. The highest BCUT2D eigenvalue weighted by atomic mass is 19.2. The lowest BCUT2D eigenvalue weighted by atomic mass is 10.6. The number of hydrogen-bond donors (Lipinski definition) is 0. The van der Waals surface area contributed by atoms with Crippen molar-refractivity contribution >= 4 is 0 Å². The number of alkyl halides is 1. The van der Waals surface area contributed by atoms with E-state index in [-0.39, 0.29) is 0 Å². The minimum Gasteiger partial charge on any atom is -0.190 e. The molecule has 1 heterocycles. The van der Waals surface area contributed by atoms with Crippen molar-refractivity contribution in [2.75, 3.05) is 0 Å². The van der Waals surface area contributed by atoms with Crippen LogP contribution in [-0.4, -0.2) is 5.92 Å². The van der Waals surface area contributed by atoms with E-state index >= 15 is 0 Å². The molecule has 1 aliphatic heterocycles. The maximum Gasteiger partial charge on any atom is 0.418 e. The van der Waals surface area contributed by atoms with Gasteiger partial charge < -0.3 is 0 Å². The second-order valence-electron chi connectivity index (χ2n) is 0.899. The van der Waals surface area contributed by atoms with E-state index in [2.05, 4.69) is 10.2 Å². The summed E-state index contributed by atoms with van der Waals surface area (Å²) in [6.07, 6.45) is 0. The van der Waals surface area contributed by atoms with Gasteiger partial charge in [0.05, 0.1) is 0 Å². The van der Waals surface area contributed by atoms with Crippen LogP contribution >= 0.6 is 0 Å². The lowest BCUT2D eigenvalue weighted by Gasteiger charge is -1.71. The molecule has 3 nitrogen and oxygen atoms in total. The highest BCUT2D eigenvalue weighted by Gasteiger charge is 2.40. The molecular weight excluding hydrogens is 85.0 g/mol. The van der Waals surface area contributed by atoms with E-state index in [0.717, 1.165) is 0 Å². The van der Waals surface area contributed by atoms with Crippen molar-refractivity contribution in [3.63, 3.8) is 0 Å². The molecule has 1 aliphatic rings.